The zero-order chi connectivity index (χ0) is 21.7. The Labute approximate surface area is 192 Å². The van der Waals surface area contributed by atoms with E-state index in [0.29, 0.717) is 22.8 Å². The number of hydrogen-bond donors (Lipinski definition) is 0. The number of amides is 1. The molecule has 0 saturated carbocycles. The summed E-state index contributed by atoms with van der Waals surface area (Å²) in [5.74, 6) is -1.07. The number of para-hydroxylation sites is 1. The highest BCUT2D eigenvalue weighted by Gasteiger charge is 2.23. The second kappa shape index (κ2) is 11.0. The van der Waals surface area contributed by atoms with Crippen LogP contribution in [0.3, 0.4) is 0 Å². The fourth-order valence-corrected chi connectivity index (χ4v) is 5.27. The van der Waals surface area contributed by atoms with Crippen LogP contribution < -0.4 is 4.90 Å². The van der Waals surface area contributed by atoms with Crippen LogP contribution >= 0.6 is 23.7 Å². The van der Waals surface area contributed by atoms with E-state index >= 15 is 0 Å². The summed E-state index contributed by atoms with van der Waals surface area (Å²) in [4.78, 5) is 21.0. The average Bonchev–Trinajstić information content (AvgIpc) is 3.15. The molecule has 168 valence electrons. The van der Waals surface area contributed by atoms with Crippen molar-refractivity contribution in [2.24, 2.45) is 0 Å². The molecule has 0 aliphatic heterocycles. The summed E-state index contributed by atoms with van der Waals surface area (Å²) >= 11 is 1.23. The first-order chi connectivity index (χ1) is 14.3. The molecule has 10 heteroatoms. The summed E-state index contributed by atoms with van der Waals surface area (Å²) in [5, 5.41) is 0.385. The second-order valence-corrected chi connectivity index (χ2v) is 10.3. The lowest BCUT2D eigenvalue weighted by atomic mass is 10.3. The standard InChI is InChI=1S/C21H24FN3O3S2.ClH/c1-24(2)13-7-14-25(21-23-20-17(22)10-6-11-18(20)29-21)19(26)12-15-30(27,28)16-8-4-3-5-9-16;/h3-6,8-11H,7,12-15H2,1-2H3;1H. The normalized spacial score (nSPS) is 11.5. The molecule has 3 rings (SSSR count). The van der Waals surface area contributed by atoms with Crippen LogP contribution in [0.1, 0.15) is 12.8 Å². The van der Waals surface area contributed by atoms with Gasteiger partial charge in [0, 0.05) is 13.0 Å². The molecule has 1 heterocycles. The van der Waals surface area contributed by atoms with Crippen molar-refractivity contribution in [2.75, 3.05) is 37.8 Å². The Hall–Kier alpha value is -2.07. The van der Waals surface area contributed by atoms with Crippen LogP contribution in [-0.4, -0.2) is 57.1 Å². The maximum absolute atomic E-state index is 14.1. The number of nitrogens with zero attached hydrogens (tertiary/aromatic N) is 3. The predicted octanol–water partition coefficient (Wildman–Crippen LogP) is 4.01. The highest BCUT2D eigenvalue weighted by Crippen LogP contribution is 2.31. The number of carbonyl (C=O) groups excluding carboxylic acids is 1. The second-order valence-electron chi connectivity index (χ2n) is 7.17. The van der Waals surface area contributed by atoms with Gasteiger partial charge < -0.3 is 4.90 Å². The molecule has 1 aromatic heterocycles. The molecule has 0 N–H and O–H groups in total. The molecule has 2 aromatic carbocycles. The molecule has 0 aliphatic rings. The molecule has 0 radical (unpaired) electrons. The number of halogens is 2. The molecular weight excluding hydrogens is 461 g/mol. The predicted molar refractivity (Wildman–Crippen MR) is 125 cm³/mol. The maximum atomic E-state index is 14.1. The summed E-state index contributed by atoms with van der Waals surface area (Å²) in [6, 6.07) is 12.8. The van der Waals surface area contributed by atoms with Gasteiger partial charge in [-0.25, -0.2) is 17.8 Å². The van der Waals surface area contributed by atoms with E-state index in [2.05, 4.69) is 4.98 Å². The number of aromatic nitrogens is 1. The lowest BCUT2D eigenvalue weighted by Crippen LogP contribution is -2.34. The van der Waals surface area contributed by atoms with Crippen LogP contribution in [0.25, 0.3) is 10.2 Å². The van der Waals surface area contributed by atoms with Gasteiger partial charge >= 0.3 is 0 Å². The average molecular weight is 486 g/mol. The van der Waals surface area contributed by atoms with Crippen LogP contribution in [0.5, 0.6) is 0 Å². The lowest BCUT2D eigenvalue weighted by molar-refractivity contribution is -0.118. The highest BCUT2D eigenvalue weighted by atomic mass is 35.5. The molecule has 0 atom stereocenters. The fraction of sp³-hybridized carbons (Fsp3) is 0.333. The van der Waals surface area contributed by atoms with E-state index in [1.54, 1.807) is 30.3 Å². The number of anilines is 1. The molecule has 0 aliphatic carbocycles. The van der Waals surface area contributed by atoms with Gasteiger partial charge in [-0.2, -0.15) is 0 Å². The SMILES string of the molecule is CN(C)CCCN(C(=O)CCS(=O)(=O)c1ccccc1)c1nc2c(F)cccc2s1.Cl. The summed E-state index contributed by atoms with van der Waals surface area (Å²) < 4.78 is 39.8. The number of fused-ring (bicyclic) bond motifs is 1. The number of carbonyl (C=O) groups is 1. The third-order valence-electron chi connectivity index (χ3n) is 4.56. The van der Waals surface area contributed by atoms with Gasteiger partial charge in [0.25, 0.3) is 0 Å². The van der Waals surface area contributed by atoms with Crippen molar-refractivity contribution >= 4 is 54.8 Å². The van der Waals surface area contributed by atoms with Crippen molar-refractivity contribution in [3.63, 3.8) is 0 Å². The highest BCUT2D eigenvalue weighted by molar-refractivity contribution is 7.91. The van der Waals surface area contributed by atoms with E-state index in [1.165, 1.54) is 34.4 Å². The molecule has 6 nitrogen and oxygen atoms in total. The lowest BCUT2D eigenvalue weighted by Gasteiger charge is -2.21. The smallest absolute Gasteiger partial charge is 0.229 e. The van der Waals surface area contributed by atoms with Crippen molar-refractivity contribution in [1.82, 2.24) is 9.88 Å². The monoisotopic (exact) mass is 485 g/mol. The summed E-state index contributed by atoms with van der Waals surface area (Å²) in [5.41, 5.74) is 0.222. The summed E-state index contributed by atoms with van der Waals surface area (Å²) in [7, 11) is 0.303. The van der Waals surface area contributed by atoms with E-state index in [-0.39, 0.29) is 40.9 Å². The third-order valence-corrected chi connectivity index (χ3v) is 7.34. The molecular formula is C21H25ClFN3O3S2. The summed E-state index contributed by atoms with van der Waals surface area (Å²) in [6.07, 6.45) is 0.514. The van der Waals surface area contributed by atoms with Crippen LogP contribution in [0.15, 0.2) is 53.4 Å². The van der Waals surface area contributed by atoms with Gasteiger partial charge in [0.2, 0.25) is 5.91 Å². The van der Waals surface area contributed by atoms with Gasteiger partial charge in [0.1, 0.15) is 11.3 Å². The molecule has 0 bridgehead atoms. The molecule has 0 spiro atoms. The van der Waals surface area contributed by atoms with E-state index in [9.17, 15) is 17.6 Å². The van der Waals surface area contributed by atoms with E-state index in [1.807, 2.05) is 19.0 Å². The molecule has 3 aromatic rings. The van der Waals surface area contributed by atoms with Gasteiger partial charge in [-0.1, -0.05) is 35.6 Å². The first kappa shape index (κ1) is 25.2. The van der Waals surface area contributed by atoms with Crippen LogP contribution in [0, 0.1) is 5.82 Å². The number of benzene rings is 2. The van der Waals surface area contributed by atoms with Gasteiger partial charge in [-0.05, 0) is 51.3 Å². The minimum Gasteiger partial charge on any atom is -0.309 e. The topological polar surface area (TPSA) is 70.6 Å². The maximum Gasteiger partial charge on any atom is 0.229 e. The largest absolute Gasteiger partial charge is 0.309 e. The van der Waals surface area contributed by atoms with Crippen LogP contribution in [0.2, 0.25) is 0 Å². The first-order valence-corrected chi connectivity index (χ1v) is 12.0. The minimum atomic E-state index is -3.57. The third kappa shape index (κ3) is 6.46. The van der Waals surface area contributed by atoms with Gasteiger partial charge in [0.15, 0.2) is 15.0 Å². The Morgan fingerprint density at radius 3 is 2.42 bits per heavy atom. The van der Waals surface area contributed by atoms with E-state index in [0.717, 1.165) is 6.54 Å². The van der Waals surface area contributed by atoms with Crippen molar-refractivity contribution < 1.29 is 17.6 Å². The van der Waals surface area contributed by atoms with Crippen molar-refractivity contribution in [3.8, 4) is 0 Å². The molecule has 0 saturated heterocycles. The Kier molecular flexibility index (Phi) is 8.93. The first-order valence-electron chi connectivity index (χ1n) is 9.56. The Bertz CT molecular complexity index is 1120. The quantitative estimate of drug-likeness (QED) is 0.458. The zero-order valence-electron chi connectivity index (χ0n) is 17.3. The fourth-order valence-electron chi connectivity index (χ4n) is 2.99. The minimum absolute atomic E-state index is 0. The Morgan fingerprint density at radius 2 is 1.77 bits per heavy atom. The van der Waals surface area contributed by atoms with Gasteiger partial charge in [-0.3, -0.25) is 9.69 Å². The van der Waals surface area contributed by atoms with Gasteiger partial charge in [0.05, 0.1) is 15.3 Å². The Balaban J connectivity index is 0.00000341. The number of thiazole rings is 1. The number of rotatable bonds is 9. The zero-order valence-corrected chi connectivity index (χ0v) is 19.8. The van der Waals surface area contributed by atoms with E-state index < -0.39 is 15.7 Å². The van der Waals surface area contributed by atoms with Gasteiger partial charge in [-0.15, -0.1) is 12.4 Å². The van der Waals surface area contributed by atoms with Crippen LogP contribution in [0.4, 0.5) is 9.52 Å². The van der Waals surface area contributed by atoms with Crippen molar-refractivity contribution in [2.45, 2.75) is 17.7 Å². The molecule has 31 heavy (non-hydrogen) atoms. The molecule has 0 fully saturated rings. The van der Waals surface area contributed by atoms with E-state index in [4.69, 9.17) is 0 Å². The Morgan fingerprint density at radius 1 is 1.06 bits per heavy atom. The molecule has 0 unspecified atom stereocenters. The van der Waals surface area contributed by atoms with Crippen LogP contribution in [-0.2, 0) is 14.6 Å². The number of hydrogen-bond acceptors (Lipinski definition) is 6. The van der Waals surface area contributed by atoms with Crippen molar-refractivity contribution in [1.29, 1.82) is 0 Å². The summed E-state index contributed by atoms with van der Waals surface area (Å²) in [6.45, 7) is 1.13. The molecule has 1 amide bonds. The van der Waals surface area contributed by atoms with Crippen molar-refractivity contribution in [3.05, 3.63) is 54.3 Å². The number of sulfone groups is 1.